The van der Waals surface area contributed by atoms with Crippen LogP contribution in [-0.4, -0.2) is 41.4 Å². The fourth-order valence-electron chi connectivity index (χ4n) is 3.24. The first-order chi connectivity index (χ1) is 11.1. The lowest BCUT2D eigenvalue weighted by Gasteiger charge is -2.58. The van der Waals surface area contributed by atoms with Crippen molar-refractivity contribution in [2.45, 2.75) is 64.3 Å². The second kappa shape index (κ2) is 5.46. The first-order valence-electron chi connectivity index (χ1n) is 8.42. The second-order valence-corrected chi connectivity index (χ2v) is 8.39. The maximum absolute atomic E-state index is 6.24. The van der Waals surface area contributed by atoms with Crippen molar-refractivity contribution in [2.24, 2.45) is 4.99 Å². The Bertz CT molecular complexity index is 646. The standard InChI is InChI=1S/C19H28N2O3/c1-17(2,3)21-15(13-8-10-14(22-7)11-9-13)19(6,24-21)16-20-18(4,5)12-23-16/h8-11,15H,12H2,1-7H3/t15-,19+/m0/s1. The molecule has 0 saturated carbocycles. The van der Waals surface area contributed by atoms with Gasteiger partial charge in [0.25, 0.3) is 0 Å². The Hall–Kier alpha value is -1.59. The van der Waals surface area contributed by atoms with Crippen molar-refractivity contribution in [2.75, 3.05) is 13.7 Å². The van der Waals surface area contributed by atoms with E-state index in [0.29, 0.717) is 12.5 Å². The van der Waals surface area contributed by atoms with Gasteiger partial charge >= 0.3 is 0 Å². The van der Waals surface area contributed by atoms with Crippen LogP contribution in [0.4, 0.5) is 0 Å². The molecule has 1 aromatic rings. The lowest BCUT2D eigenvalue weighted by molar-refractivity contribution is -0.399. The quantitative estimate of drug-likeness (QED) is 0.845. The molecule has 0 N–H and O–H groups in total. The lowest BCUT2D eigenvalue weighted by Crippen LogP contribution is -2.68. The zero-order valence-electron chi connectivity index (χ0n) is 15.7. The molecule has 0 spiro atoms. The van der Waals surface area contributed by atoms with Gasteiger partial charge in [0, 0.05) is 5.54 Å². The zero-order chi connectivity index (χ0) is 17.8. The van der Waals surface area contributed by atoms with Crippen molar-refractivity contribution in [1.29, 1.82) is 0 Å². The number of nitrogens with zero attached hydrogens (tertiary/aromatic N) is 2. The number of hydrogen-bond acceptors (Lipinski definition) is 5. The maximum atomic E-state index is 6.24. The van der Waals surface area contributed by atoms with Crippen molar-refractivity contribution in [3.63, 3.8) is 0 Å². The molecule has 2 atom stereocenters. The molecule has 2 aliphatic rings. The van der Waals surface area contributed by atoms with Crippen LogP contribution >= 0.6 is 0 Å². The van der Waals surface area contributed by atoms with Crippen molar-refractivity contribution >= 4 is 5.90 Å². The van der Waals surface area contributed by atoms with E-state index in [-0.39, 0.29) is 17.1 Å². The van der Waals surface area contributed by atoms with Crippen LogP contribution in [0.25, 0.3) is 0 Å². The molecule has 1 aromatic carbocycles. The van der Waals surface area contributed by atoms with Gasteiger partial charge in [-0.15, -0.1) is 0 Å². The van der Waals surface area contributed by atoms with Gasteiger partial charge in [-0.05, 0) is 59.2 Å². The molecule has 0 aromatic heterocycles. The smallest absolute Gasteiger partial charge is 0.221 e. The molecule has 24 heavy (non-hydrogen) atoms. The van der Waals surface area contributed by atoms with Crippen molar-refractivity contribution in [3.8, 4) is 5.75 Å². The highest BCUT2D eigenvalue weighted by atomic mass is 16.8. The highest BCUT2D eigenvalue weighted by Gasteiger charge is 2.61. The first kappa shape index (κ1) is 17.2. The van der Waals surface area contributed by atoms with Crippen molar-refractivity contribution < 1.29 is 14.3 Å². The Labute approximate surface area is 144 Å². The summed E-state index contributed by atoms with van der Waals surface area (Å²) >= 11 is 0. The second-order valence-electron chi connectivity index (χ2n) is 8.39. The number of benzene rings is 1. The van der Waals surface area contributed by atoms with Gasteiger partial charge in [0.2, 0.25) is 5.90 Å². The van der Waals surface area contributed by atoms with E-state index >= 15 is 0 Å². The summed E-state index contributed by atoms with van der Waals surface area (Å²) in [4.78, 5) is 11.0. The summed E-state index contributed by atoms with van der Waals surface area (Å²) < 4.78 is 11.2. The Morgan fingerprint density at radius 3 is 2.25 bits per heavy atom. The summed E-state index contributed by atoms with van der Waals surface area (Å²) in [6.07, 6.45) is 0. The Morgan fingerprint density at radius 2 is 1.79 bits per heavy atom. The van der Waals surface area contributed by atoms with E-state index in [1.807, 2.05) is 17.2 Å². The fourth-order valence-corrected chi connectivity index (χ4v) is 3.24. The van der Waals surface area contributed by atoms with Gasteiger partial charge in [-0.3, -0.25) is 4.84 Å². The third-order valence-electron chi connectivity index (χ3n) is 4.53. The summed E-state index contributed by atoms with van der Waals surface area (Å²) in [6.45, 7) is 13.2. The predicted octanol–water partition coefficient (Wildman–Crippen LogP) is 3.75. The van der Waals surface area contributed by atoms with E-state index < -0.39 is 5.60 Å². The number of hydroxylamine groups is 2. The van der Waals surface area contributed by atoms with E-state index in [2.05, 4.69) is 53.7 Å². The minimum absolute atomic E-state index is 0.0380. The number of aliphatic imine (C=N–C) groups is 1. The third-order valence-corrected chi connectivity index (χ3v) is 4.53. The third kappa shape index (κ3) is 2.80. The van der Waals surface area contributed by atoms with E-state index in [1.165, 1.54) is 0 Å². The molecule has 2 aliphatic heterocycles. The molecule has 0 amide bonds. The molecule has 0 radical (unpaired) electrons. The summed E-state index contributed by atoms with van der Waals surface area (Å²) in [6, 6.07) is 8.18. The van der Waals surface area contributed by atoms with Gasteiger partial charge in [-0.2, -0.15) is 5.06 Å². The highest BCUT2D eigenvalue weighted by molar-refractivity contribution is 5.88. The van der Waals surface area contributed by atoms with E-state index in [4.69, 9.17) is 19.3 Å². The molecular formula is C19H28N2O3. The highest BCUT2D eigenvalue weighted by Crippen LogP contribution is 2.51. The fraction of sp³-hybridized carbons (Fsp3) is 0.632. The van der Waals surface area contributed by atoms with Crippen LogP contribution in [0.15, 0.2) is 29.3 Å². The van der Waals surface area contributed by atoms with Crippen LogP contribution < -0.4 is 4.74 Å². The van der Waals surface area contributed by atoms with Crippen LogP contribution in [0.2, 0.25) is 0 Å². The molecule has 0 bridgehead atoms. The SMILES string of the molecule is COc1ccc([C@@H]2N(C(C)(C)C)O[C@@]2(C)C2=NC(C)(C)CO2)cc1. The van der Waals surface area contributed by atoms with E-state index in [1.54, 1.807) is 7.11 Å². The number of ether oxygens (including phenoxy) is 2. The van der Waals surface area contributed by atoms with Gasteiger partial charge < -0.3 is 9.47 Å². The largest absolute Gasteiger partial charge is 0.497 e. The van der Waals surface area contributed by atoms with Gasteiger partial charge in [0.05, 0.1) is 12.6 Å². The van der Waals surface area contributed by atoms with Gasteiger partial charge in [-0.25, -0.2) is 4.99 Å². The number of methoxy groups -OCH3 is 1. The minimum Gasteiger partial charge on any atom is -0.497 e. The van der Waals surface area contributed by atoms with Gasteiger partial charge in [0.15, 0.2) is 5.60 Å². The molecule has 5 heteroatoms. The average molecular weight is 332 g/mol. The maximum Gasteiger partial charge on any atom is 0.221 e. The molecule has 2 heterocycles. The Morgan fingerprint density at radius 1 is 1.17 bits per heavy atom. The van der Waals surface area contributed by atoms with Gasteiger partial charge in [-0.1, -0.05) is 12.1 Å². The zero-order valence-corrected chi connectivity index (χ0v) is 15.7. The summed E-state index contributed by atoms with van der Waals surface area (Å²) in [7, 11) is 1.68. The van der Waals surface area contributed by atoms with Crippen molar-refractivity contribution in [3.05, 3.63) is 29.8 Å². The number of rotatable bonds is 3. The summed E-state index contributed by atoms with van der Waals surface area (Å²) in [5.74, 6) is 1.53. The average Bonchev–Trinajstić information content (AvgIpc) is 2.84. The molecule has 5 nitrogen and oxygen atoms in total. The lowest BCUT2D eigenvalue weighted by atomic mass is 9.83. The molecule has 3 rings (SSSR count). The summed E-state index contributed by atoms with van der Waals surface area (Å²) in [5, 5.41) is 2.03. The Balaban J connectivity index is 1.98. The topological polar surface area (TPSA) is 43.3 Å². The molecule has 0 aliphatic carbocycles. The van der Waals surface area contributed by atoms with Crippen LogP contribution in [0.3, 0.4) is 0 Å². The number of hydrogen-bond donors (Lipinski definition) is 0. The van der Waals surface area contributed by atoms with Crippen LogP contribution in [-0.2, 0) is 9.57 Å². The van der Waals surface area contributed by atoms with Crippen molar-refractivity contribution in [1.82, 2.24) is 5.06 Å². The predicted molar refractivity (Wildman–Crippen MR) is 94.3 cm³/mol. The van der Waals surface area contributed by atoms with Crippen LogP contribution in [0, 0.1) is 0 Å². The molecule has 0 unspecified atom stereocenters. The first-order valence-corrected chi connectivity index (χ1v) is 8.42. The van der Waals surface area contributed by atoms with Crippen LogP contribution in [0.1, 0.15) is 53.1 Å². The van der Waals surface area contributed by atoms with E-state index in [9.17, 15) is 0 Å². The molecule has 1 fully saturated rings. The van der Waals surface area contributed by atoms with E-state index in [0.717, 1.165) is 11.3 Å². The summed E-state index contributed by atoms with van der Waals surface area (Å²) in [5.41, 5.74) is 0.249. The molecule has 132 valence electrons. The Kier molecular flexibility index (Phi) is 3.92. The van der Waals surface area contributed by atoms with Crippen LogP contribution in [0.5, 0.6) is 5.75 Å². The van der Waals surface area contributed by atoms with Gasteiger partial charge in [0.1, 0.15) is 18.4 Å². The monoisotopic (exact) mass is 332 g/mol. The normalized spacial score (nSPS) is 29.6. The minimum atomic E-state index is -0.588. The molecule has 1 saturated heterocycles. The molecular weight excluding hydrogens is 304 g/mol.